The molecule has 14 heteroatoms. The monoisotopic (exact) mass is 512 g/mol. The lowest BCUT2D eigenvalue weighted by Gasteiger charge is -2.43. The lowest BCUT2D eigenvalue weighted by molar-refractivity contribution is -0.414. The van der Waals surface area contributed by atoms with Crippen molar-refractivity contribution in [3.8, 4) is 0 Å². The van der Waals surface area contributed by atoms with E-state index in [9.17, 15) is 57.5 Å². The second-order valence-electron chi connectivity index (χ2n) is 8.37. The number of alkyl halides is 12. The van der Waals surface area contributed by atoms with E-state index in [2.05, 4.69) is 0 Å². The molecule has 1 aliphatic rings. The Labute approximate surface area is 182 Å². The van der Waals surface area contributed by atoms with Gasteiger partial charge >= 0.3 is 42.0 Å². The number of hydrogen-bond acceptors (Lipinski definition) is 2. The van der Waals surface area contributed by atoms with Gasteiger partial charge in [0.15, 0.2) is 0 Å². The van der Waals surface area contributed by atoms with Crippen LogP contribution in [0.4, 0.5) is 52.7 Å². The number of carbonyl (C=O) groups is 1. The van der Waals surface area contributed by atoms with Crippen LogP contribution in [0.5, 0.6) is 0 Å². The van der Waals surface area contributed by atoms with E-state index in [1.54, 1.807) is 6.92 Å². The highest BCUT2D eigenvalue weighted by Crippen LogP contribution is 2.60. The Balaban J connectivity index is 3.39. The Morgan fingerprint density at radius 3 is 1.76 bits per heavy atom. The fourth-order valence-electron chi connectivity index (χ4n) is 3.76. The Hall–Kier alpha value is -1.37. The van der Waals surface area contributed by atoms with E-state index in [1.807, 2.05) is 0 Å². The highest BCUT2D eigenvalue weighted by atomic mass is 19.4. The molecule has 0 amide bonds. The van der Waals surface area contributed by atoms with Gasteiger partial charge in [-0.05, 0) is 26.2 Å². The van der Waals surface area contributed by atoms with Gasteiger partial charge in [0.2, 0.25) is 0 Å². The fourth-order valence-corrected chi connectivity index (χ4v) is 3.76. The van der Waals surface area contributed by atoms with Crippen molar-refractivity contribution in [3.05, 3.63) is 0 Å². The molecule has 0 spiro atoms. The second-order valence-corrected chi connectivity index (χ2v) is 8.37. The van der Waals surface area contributed by atoms with E-state index in [0.717, 1.165) is 0 Å². The van der Waals surface area contributed by atoms with Crippen LogP contribution in [-0.4, -0.2) is 48.1 Å². The first-order valence-electron chi connectivity index (χ1n) is 10.1. The van der Waals surface area contributed by atoms with Gasteiger partial charge in [0.05, 0.1) is 11.5 Å². The molecule has 0 bridgehead atoms. The minimum absolute atomic E-state index is 0.00885. The molecule has 0 aromatic rings. The van der Waals surface area contributed by atoms with Gasteiger partial charge in [-0.1, -0.05) is 32.6 Å². The van der Waals surface area contributed by atoms with Crippen molar-refractivity contribution in [2.75, 3.05) is 0 Å². The third-order valence-electron chi connectivity index (χ3n) is 5.75. The molecule has 33 heavy (non-hydrogen) atoms. The van der Waals surface area contributed by atoms with Crippen molar-refractivity contribution in [2.45, 2.75) is 107 Å². The molecule has 1 rings (SSSR count). The molecule has 0 aromatic carbocycles. The summed E-state index contributed by atoms with van der Waals surface area (Å²) in [6.45, 7) is 3.03. The summed E-state index contributed by atoms with van der Waals surface area (Å²) in [5.41, 5.74) is -2.48. The van der Waals surface area contributed by atoms with Crippen LogP contribution in [0.25, 0.3) is 0 Å². The summed E-state index contributed by atoms with van der Waals surface area (Å²) >= 11 is 0. The zero-order valence-electron chi connectivity index (χ0n) is 17.7. The minimum Gasteiger partial charge on any atom is -0.462 e. The molecular formula is C19H24F12O2. The average Bonchev–Trinajstić information content (AvgIpc) is 2.67. The molecule has 196 valence electrons. The van der Waals surface area contributed by atoms with Crippen LogP contribution in [0.2, 0.25) is 0 Å². The standard InChI is InChI=1S/C19H24F12O2/c1-3-7-11(2)33-13(32)14(8-5-4-6-9-14)10-15(22,23)17(26,27)19(30,31)18(28,29)16(24,25)12(20)21/h11-12H,3-10H2,1-2H3. The first-order chi connectivity index (χ1) is 14.7. The van der Waals surface area contributed by atoms with Crippen molar-refractivity contribution in [1.82, 2.24) is 0 Å². The van der Waals surface area contributed by atoms with Crippen LogP contribution in [0.15, 0.2) is 0 Å². The van der Waals surface area contributed by atoms with Crippen LogP contribution < -0.4 is 0 Å². The molecule has 1 fully saturated rings. The topological polar surface area (TPSA) is 26.3 Å². The number of rotatable bonds is 11. The van der Waals surface area contributed by atoms with Crippen molar-refractivity contribution in [3.63, 3.8) is 0 Å². The summed E-state index contributed by atoms with van der Waals surface area (Å²) < 4.78 is 167. The van der Waals surface area contributed by atoms with Gasteiger partial charge in [-0.15, -0.1) is 0 Å². The van der Waals surface area contributed by atoms with Crippen LogP contribution >= 0.6 is 0 Å². The SMILES string of the molecule is CCCC(C)OC(=O)C1(CC(F)(F)C(F)(F)C(F)(F)C(F)(F)C(F)(F)C(F)F)CCCCC1. The fraction of sp³-hybridized carbons (Fsp3) is 0.947. The number of hydrogen-bond donors (Lipinski definition) is 0. The smallest absolute Gasteiger partial charge is 0.384 e. The largest absolute Gasteiger partial charge is 0.462 e. The quantitative estimate of drug-likeness (QED) is 0.212. The van der Waals surface area contributed by atoms with E-state index in [1.165, 1.54) is 6.92 Å². The minimum atomic E-state index is -7.60. The summed E-state index contributed by atoms with van der Waals surface area (Å²) in [5.74, 6) is -37.0. The molecule has 1 unspecified atom stereocenters. The highest BCUT2D eigenvalue weighted by Gasteiger charge is 2.88. The number of esters is 1. The van der Waals surface area contributed by atoms with E-state index in [0.29, 0.717) is 12.8 Å². The Kier molecular flexibility index (Phi) is 8.73. The maximum atomic E-state index is 14.5. The van der Waals surface area contributed by atoms with E-state index in [-0.39, 0.29) is 19.3 Å². The Bertz CT molecular complexity index is 672. The molecule has 0 heterocycles. The zero-order chi connectivity index (χ0) is 26.1. The Morgan fingerprint density at radius 2 is 1.33 bits per heavy atom. The van der Waals surface area contributed by atoms with Gasteiger partial charge in [-0.2, -0.15) is 43.9 Å². The van der Waals surface area contributed by atoms with Gasteiger partial charge in [0.25, 0.3) is 0 Å². The molecule has 0 aromatic heterocycles. The second kappa shape index (κ2) is 9.71. The molecular weight excluding hydrogens is 488 g/mol. The van der Waals surface area contributed by atoms with E-state index < -0.39 is 72.8 Å². The summed E-state index contributed by atoms with van der Waals surface area (Å²) in [4.78, 5) is 12.5. The zero-order valence-corrected chi connectivity index (χ0v) is 17.7. The van der Waals surface area contributed by atoms with Gasteiger partial charge in [0, 0.05) is 6.42 Å². The summed E-state index contributed by atoms with van der Waals surface area (Å²) in [6.07, 6.45) is -8.83. The first kappa shape index (κ1) is 29.7. The molecule has 0 aliphatic heterocycles. The normalized spacial score (nSPS) is 19.5. The Morgan fingerprint density at radius 1 is 0.848 bits per heavy atom. The van der Waals surface area contributed by atoms with Crippen molar-refractivity contribution >= 4 is 5.97 Å². The van der Waals surface area contributed by atoms with Gasteiger partial charge < -0.3 is 4.74 Å². The highest BCUT2D eigenvalue weighted by molar-refractivity contribution is 5.77. The first-order valence-corrected chi connectivity index (χ1v) is 10.1. The van der Waals surface area contributed by atoms with Gasteiger partial charge in [0.1, 0.15) is 0 Å². The van der Waals surface area contributed by atoms with Gasteiger partial charge in [-0.3, -0.25) is 4.79 Å². The summed E-state index contributed by atoms with van der Waals surface area (Å²) in [6, 6.07) is 0. The predicted molar refractivity (Wildman–Crippen MR) is 91.3 cm³/mol. The maximum absolute atomic E-state index is 14.5. The third-order valence-corrected chi connectivity index (χ3v) is 5.75. The molecule has 2 nitrogen and oxygen atoms in total. The molecule has 1 aliphatic carbocycles. The van der Waals surface area contributed by atoms with E-state index in [4.69, 9.17) is 4.74 Å². The summed E-state index contributed by atoms with van der Waals surface area (Å²) in [5, 5.41) is 0. The van der Waals surface area contributed by atoms with Crippen molar-refractivity contribution in [2.24, 2.45) is 5.41 Å². The lowest BCUT2D eigenvalue weighted by Crippen LogP contribution is -2.69. The average molecular weight is 512 g/mol. The van der Waals surface area contributed by atoms with Crippen molar-refractivity contribution < 1.29 is 62.2 Å². The molecule has 0 N–H and O–H groups in total. The molecule has 0 radical (unpaired) electrons. The number of ether oxygens (including phenoxy) is 1. The molecule has 1 saturated carbocycles. The van der Waals surface area contributed by atoms with Gasteiger partial charge in [-0.25, -0.2) is 8.78 Å². The maximum Gasteiger partial charge on any atom is 0.384 e. The number of halogens is 12. The van der Waals surface area contributed by atoms with Crippen LogP contribution in [0.3, 0.4) is 0 Å². The van der Waals surface area contributed by atoms with Crippen LogP contribution in [-0.2, 0) is 9.53 Å². The summed E-state index contributed by atoms with van der Waals surface area (Å²) in [7, 11) is 0. The lowest BCUT2D eigenvalue weighted by atomic mass is 9.69. The predicted octanol–water partition coefficient (Wildman–Crippen LogP) is 7.50. The van der Waals surface area contributed by atoms with Crippen molar-refractivity contribution in [1.29, 1.82) is 0 Å². The molecule has 0 saturated heterocycles. The van der Waals surface area contributed by atoms with Crippen LogP contribution in [0, 0.1) is 5.41 Å². The third kappa shape index (κ3) is 5.18. The van der Waals surface area contributed by atoms with E-state index >= 15 is 0 Å². The number of carbonyl (C=O) groups excluding carboxylic acids is 1. The van der Waals surface area contributed by atoms with Crippen LogP contribution in [0.1, 0.15) is 65.2 Å². The molecule has 1 atom stereocenters.